The van der Waals surface area contributed by atoms with Crippen molar-refractivity contribution in [1.29, 1.82) is 0 Å². The van der Waals surface area contributed by atoms with Crippen molar-refractivity contribution in [3.8, 4) is 58.1 Å². The molecule has 0 amide bonds. The molecule has 5 rings (SSSR count). The third-order valence-corrected chi connectivity index (χ3v) is 5.61. The van der Waals surface area contributed by atoms with Gasteiger partial charge in [-0.25, -0.2) is 0 Å². The lowest BCUT2D eigenvalue weighted by atomic mass is 9.86. The SMILES string of the molecule is C#Cc1cc2cccccc-2c1-c1cccc(C#C)c1-c1cccc2ccccc12. The molecule has 0 radical (unpaired) electrons. The van der Waals surface area contributed by atoms with Gasteiger partial charge in [0.2, 0.25) is 0 Å². The minimum absolute atomic E-state index is 0.862. The molecule has 2 aliphatic carbocycles. The van der Waals surface area contributed by atoms with E-state index in [9.17, 15) is 0 Å². The van der Waals surface area contributed by atoms with E-state index in [0.29, 0.717) is 0 Å². The number of hydrogen-bond acceptors (Lipinski definition) is 0. The maximum atomic E-state index is 5.97. The van der Waals surface area contributed by atoms with Gasteiger partial charge in [0.1, 0.15) is 0 Å². The number of terminal acetylenes is 2. The van der Waals surface area contributed by atoms with Gasteiger partial charge < -0.3 is 0 Å². The van der Waals surface area contributed by atoms with E-state index in [2.05, 4.69) is 84.6 Å². The first kappa shape index (κ1) is 17.8. The van der Waals surface area contributed by atoms with Crippen molar-refractivity contribution >= 4 is 10.8 Å². The van der Waals surface area contributed by atoms with E-state index in [1.165, 1.54) is 10.8 Å². The Morgan fingerprint density at radius 3 is 2.00 bits per heavy atom. The van der Waals surface area contributed by atoms with Crippen molar-refractivity contribution in [2.75, 3.05) is 0 Å². The quantitative estimate of drug-likeness (QED) is 0.284. The Morgan fingerprint density at radius 2 is 1.13 bits per heavy atom. The van der Waals surface area contributed by atoms with Gasteiger partial charge in [-0.05, 0) is 45.2 Å². The summed E-state index contributed by atoms with van der Waals surface area (Å²) in [6, 6.07) is 33.3. The zero-order chi connectivity index (χ0) is 20.5. The van der Waals surface area contributed by atoms with E-state index < -0.39 is 0 Å². The molecule has 0 aliphatic heterocycles. The fourth-order valence-electron chi connectivity index (χ4n) is 4.31. The second-order valence-electron chi connectivity index (χ2n) is 7.26. The molecule has 0 aromatic heterocycles. The summed E-state index contributed by atoms with van der Waals surface area (Å²) in [5.41, 5.74) is 8.29. The van der Waals surface area contributed by atoms with Crippen molar-refractivity contribution in [3.05, 3.63) is 108 Å². The molecular weight excluding hydrogens is 360 g/mol. The van der Waals surface area contributed by atoms with Crippen molar-refractivity contribution in [2.24, 2.45) is 0 Å². The third kappa shape index (κ3) is 2.76. The lowest BCUT2D eigenvalue weighted by molar-refractivity contribution is 1.58. The highest BCUT2D eigenvalue weighted by Crippen LogP contribution is 2.45. The highest BCUT2D eigenvalue weighted by molar-refractivity contribution is 6.05. The van der Waals surface area contributed by atoms with Gasteiger partial charge in [0.25, 0.3) is 0 Å². The summed E-state index contributed by atoms with van der Waals surface area (Å²) < 4.78 is 0. The molecule has 0 unspecified atom stereocenters. The fourth-order valence-corrected chi connectivity index (χ4v) is 4.31. The van der Waals surface area contributed by atoms with Crippen LogP contribution in [0.5, 0.6) is 0 Å². The summed E-state index contributed by atoms with van der Waals surface area (Å²) in [5.74, 6) is 5.80. The zero-order valence-electron chi connectivity index (χ0n) is 16.4. The molecule has 0 heterocycles. The maximum absolute atomic E-state index is 5.97. The number of fused-ring (bicyclic) bond motifs is 2. The molecule has 0 spiro atoms. The van der Waals surface area contributed by atoms with Crippen molar-refractivity contribution in [1.82, 2.24) is 0 Å². The predicted octanol–water partition coefficient (Wildman–Crippen LogP) is 7.24. The van der Waals surface area contributed by atoms with E-state index >= 15 is 0 Å². The zero-order valence-corrected chi connectivity index (χ0v) is 16.4. The fraction of sp³-hybridized carbons (Fsp3) is 0. The molecular formula is C30H18. The van der Waals surface area contributed by atoms with Crippen LogP contribution in [0, 0.1) is 24.7 Å². The molecule has 0 nitrogen and oxygen atoms in total. The molecule has 2 aliphatic rings. The largest absolute Gasteiger partial charge is 0.115 e. The average molecular weight is 378 g/mol. The Balaban J connectivity index is 1.92. The summed E-state index contributed by atoms with van der Waals surface area (Å²) in [6.45, 7) is 0. The minimum atomic E-state index is 0.862. The molecule has 0 heteroatoms. The molecule has 3 aromatic carbocycles. The van der Waals surface area contributed by atoms with Crippen LogP contribution in [0.15, 0.2) is 97.1 Å². The molecule has 30 heavy (non-hydrogen) atoms. The van der Waals surface area contributed by atoms with Crippen LogP contribution in [0.3, 0.4) is 0 Å². The number of hydrogen-bond donors (Lipinski definition) is 0. The summed E-state index contributed by atoms with van der Waals surface area (Å²) in [6.07, 6.45) is 11.9. The number of rotatable bonds is 2. The van der Waals surface area contributed by atoms with Gasteiger partial charge >= 0.3 is 0 Å². The van der Waals surface area contributed by atoms with E-state index in [0.717, 1.165) is 44.5 Å². The highest BCUT2D eigenvalue weighted by Gasteiger charge is 2.21. The standard InChI is InChI=1S/C30H18/c1-3-21-14-10-19-28(29(21)27-18-11-15-23-12-8-9-16-25(23)27)30-22(4-2)20-24-13-6-5-7-17-26(24)30/h1-2,5-20H. The first-order valence-corrected chi connectivity index (χ1v) is 9.88. The van der Waals surface area contributed by atoms with Crippen LogP contribution < -0.4 is 0 Å². The van der Waals surface area contributed by atoms with Crippen LogP contribution >= 0.6 is 0 Å². The van der Waals surface area contributed by atoms with Gasteiger partial charge in [-0.15, -0.1) is 12.8 Å². The van der Waals surface area contributed by atoms with Crippen LogP contribution in [0.2, 0.25) is 0 Å². The van der Waals surface area contributed by atoms with Gasteiger partial charge in [0, 0.05) is 22.3 Å². The predicted molar refractivity (Wildman–Crippen MR) is 127 cm³/mol. The van der Waals surface area contributed by atoms with Crippen molar-refractivity contribution < 1.29 is 0 Å². The average Bonchev–Trinajstić information content (AvgIpc) is 2.99. The van der Waals surface area contributed by atoms with Gasteiger partial charge in [-0.2, -0.15) is 0 Å². The minimum Gasteiger partial charge on any atom is -0.115 e. The molecule has 0 fully saturated rings. The van der Waals surface area contributed by atoms with Crippen LogP contribution in [0.4, 0.5) is 0 Å². The lowest BCUT2D eigenvalue weighted by Crippen LogP contribution is -1.92. The maximum Gasteiger partial charge on any atom is 0.0333 e. The Kier molecular flexibility index (Phi) is 4.33. The van der Waals surface area contributed by atoms with Crippen LogP contribution in [-0.4, -0.2) is 0 Å². The lowest BCUT2D eigenvalue weighted by Gasteiger charge is -2.16. The van der Waals surface area contributed by atoms with Gasteiger partial charge in [0.15, 0.2) is 0 Å². The van der Waals surface area contributed by atoms with Crippen molar-refractivity contribution in [3.63, 3.8) is 0 Å². The second kappa shape index (κ2) is 7.29. The molecule has 0 saturated carbocycles. The summed E-state index contributed by atoms with van der Waals surface area (Å²) in [5, 5.41) is 2.36. The summed E-state index contributed by atoms with van der Waals surface area (Å²) in [4.78, 5) is 0. The van der Waals surface area contributed by atoms with E-state index in [4.69, 9.17) is 12.8 Å². The molecule has 138 valence electrons. The first-order chi connectivity index (χ1) is 14.8. The summed E-state index contributed by atoms with van der Waals surface area (Å²) >= 11 is 0. The monoisotopic (exact) mass is 378 g/mol. The third-order valence-electron chi connectivity index (χ3n) is 5.61. The van der Waals surface area contributed by atoms with Gasteiger partial charge in [-0.3, -0.25) is 0 Å². The Morgan fingerprint density at radius 1 is 0.500 bits per heavy atom. The molecule has 0 atom stereocenters. The smallest absolute Gasteiger partial charge is 0.0333 e. The Hall–Kier alpha value is -4.26. The highest BCUT2D eigenvalue weighted by atomic mass is 14.2. The van der Waals surface area contributed by atoms with Crippen LogP contribution in [0.1, 0.15) is 11.1 Å². The van der Waals surface area contributed by atoms with Gasteiger partial charge in [0.05, 0.1) is 0 Å². The normalized spacial score (nSPS) is 10.6. The topological polar surface area (TPSA) is 0 Å². The van der Waals surface area contributed by atoms with Crippen LogP contribution in [-0.2, 0) is 0 Å². The Labute approximate surface area is 177 Å². The van der Waals surface area contributed by atoms with E-state index in [-0.39, 0.29) is 0 Å². The molecule has 0 N–H and O–H groups in total. The van der Waals surface area contributed by atoms with Crippen LogP contribution in [0.25, 0.3) is 44.2 Å². The first-order valence-electron chi connectivity index (χ1n) is 9.88. The second-order valence-corrected chi connectivity index (χ2v) is 7.26. The van der Waals surface area contributed by atoms with E-state index in [1.54, 1.807) is 0 Å². The van der Waals surface area contributed by atoms with Crippen molar-refractivity contribution in [2.45, 2.75) is 0 Å². The number of benzene rings is 3. The molecule has 0 bridgehead atoms. The molecule has 0 saturated heterocycles. The molecule has 3 aromatic rings. The van der Waals surface area contributed by atoms with E-state index in [1.807, 2.05) is 24.3 Å². The summed E-state index contributed by atoms with van der Waals surface area (Å²) in [7, 11) is 0. The Bertz CT molecular complexity index is 1450. The van der Waals surface area contributed by atoms with Gasteiger partial charge in [-0.1, -0.05) is 96.8 Å².